The number of H-pyrrole nitrogens is 1. The molecule has 7 heteroatoms. The van der Waals surface area contributed by atoms with Crippen LogP contribution in [0.5, 0.6) is 0 Å². The Morgan fingerprint density at radius 3 is 2.45 bits per heavy atom. The molecule has 0 aliphatic heterocycles. The molecule has 0 aliphatic rings. The van der Waals surface area contributed by atoms with Crippen LogP contribution < -0.4 is 5.32 Å². The average Bonchev–Trinajstić information content (AvgIpc) is 3.41. The molecule has 7 nitrogen and oxygen atoms in total. The minimum Gasteiger partial charge on any atom is -0.459 e. The SMILES string of the molecule is Cc1[nH]c2ccccc2c1C(=O)[C@@H](C)OC(=O)c1ccc(NC(=O)c2ccco2)cc1. The Balaban J connectivity index is 1.43. The van der Waals surface area contributed by atoms with Gasteiger partial charge in [0, 0.05) is 27.8 Å². The molecule has 1 amide bonds. The number of nitrogens with one attached hydrogen (secondary N) is 2. The maximum absolute atomic E-state index is 12.9. The molecule has 0 fully saturated rings. The molecule has 2 N–H and O–H groups in total. The molecule has 0 saturated heterocycles. The highest BCUT2D eigenvalue weighted by molar-refractivity contribution is 6.11. The van der Waals surface area contributed by atoms with Crippen LogP contribution in [0.15, 0.2) is 71.3 Å². The Hall–Kier alpha value is -4.13. The molecule has 0 saturated carbocycles. The monoisotopic (exact) mass is 416 g/mol. The van der Waals surface area contributed by atoms with Gasteiger partial charge in [-0.2, -0.15) is 0 Å². The van der Waals surface area contributed by atoms with Crippen LogP contribution in [-0.2, 0) is 4.74 Å². The first kappa shape index (κ1) is 20.2. The fourth-order valence-electron chi connectivity index (χ4n) is 3.37. The quantitative estimate of drug-likeness (QED) is 0.349. The van der Waals surface area contributed by atoms with Gasteiger partial charge in [-0.05, 0) is 56.3 Å². The number of benzene rings is 2. The Bertz CT molecular complexity index is 1250. The molecule has 2 heterocycles. The third kappa shape index (κ3) is 4.11. The molecule has 0 spiro atoms. The van der Waals surface area contributed by atoms with E-state index in [9.17, 15) is 14.4 Å². The number of ketones is 1. The van der Waals surface area contributed by atoms with Crippen molar-refractivity contribution in [2.24, 2.45) is 0 Å². The van der Waals surface area contributed by atoms with Crippen molar-refractivity contribution in [2.45, 2.75) is 20.0 Å². The number of amides is 1. The number of carbonyl (C=O) groups is 3. The van der Waals surface area contributed by atoms with Crippen molar-refractivity contribution in [3.05, 3.63) is 89.5 Å². The van der Waals surface area contributed by atoms with E-state index in [0.29, 0.717) is 11.3 Å². The summed E-state index contributed by atoms with van der Waals surface area (Å²) in [6, 6.07) is 16.9. The molecule has 1 atom stereocenters. The number of aryl methyl sites for hydroxylation is 1. The van der Waals surface area contributed by atoms with E-state index in [4.69, 9.17) is 9.15 Å². The van der Waals surface area contributed by atoms with Crippen molar-refractivity contribution >= 4 is 34.3 Å². The molecule has 0 bridgehead atoms. The summed E-state index contributed by atoms with van der Waals surface area (Å²) in [6.07, 6.45) is 0.456. The number of para-hydroxylation sites is 1. The van der Waals surface area contributed by atoms with Gasteiger partial charge in [-0.1, -0.05) is 18.2 Å². The standard InChI is InChI=1S/C24H20N2O5/c1-14-21(18-6-3-4-7-19(18)25-14)22(27)15(2)31-24(29)16-9-11-17(12-10-16)26-23(28)20-8-5-13-30-20/h3-13,15,25H,1-2H3,(H,26,28)/t15-/m1/s1. The molecule has 4 aromatic rings. The molecule has 31 heavy (non-hydrogen) atoms. The summed E-state index contributed by atoms with van der Waals surface area (Å²) in [6.45, 7) is 3.37. The highest BCUT2D eigenvalue weighted by atomic mass is 16.5. The maximum Gasteiger partial charge on any atom is 0.338 e. The fourth-order valence-corrected chi connectivity index (χ4v) is 3.37. The van der Waals surface area contributed by atoms with Gasteiger partial charge in [0.1, 0.15) is 0 Å². The van der Waals surface area contributed by atoms with E-state index in [0.717, 1.165) is 16.6 Å². The van der Waals surface area contributed by atoms with Crippen LogP contribution in [0.1, 0.15) is 43.9 Å². The second kappa shape index (κ2) is 8.31. The molecule has 156 valence electrons. The summed E-state index contributed by atoms with van der Waals surface area (Å²) in [4.78, 5) is 40.6. The van der Waals surface area contributed by atoms with Crippen molar-refractivity contribution in [1.29, 1.82) is 0 Å². The zero-order valence-corrected chi connectivity index (χ0v) is 17.0. The Morgan fingerprint density at radius 1 is 1.00 bits per heavy atom. The van der Waals surface area contributed by atoms with E-state index in [1.54, 1.807) is 31.2 Å². The van der Waals surface area contributed by atoms with Gasteiger partial charge in [-0.15, -0.1) is 0 Å². The van der Waals surface area contributed by atoms with Crippen LogP contribution in [0, 0.1) is 6.92 Å². The number of rotatable bonds is 6. The second-order valence-electron chi connectivity index (χ2n) is 7.09. The van der Waals surface area contributed by atoms with Crippen LogP contribution in [0.4, 0.5) is 5.69 Å². The van der Waals surface area contributed by atoms with E-state index < -0.39 is 18.0 Å². The normalized spacial score (nSPS) is 11.8. The average molecular weight is 416 g/mol. The van der Waals surface area contributed by atoms with Crippen LogP contribution in [0.2, 0.25) is 0 Å². The smallest absolute Gasteiger partial charge is 0.338 e. The van der Waals surface area contributed by atoms with Crippen molar-refractivity contribution in [3.8, 4) is 0 Å². The number of hydrogen-bond donors (Lipinski definition) is 2. The number of esters is 1. The lowest BCUT2D eigenvalue weighted by atomic mass is 10.0. The maximum atomic E-state index is 12.9. The van der Waals surface area contributed by atoms with Gasteiger partial charge in [0.15, 0.2) is 11.9 Å². The first-order chi connectivity index (χ1) is 14.9. The first-order valence-corrected chi connectivity index (χ1v) is 9.71. The predicted molar refractivity (Wildman–Crippen MR) is 115 cm³/mol. The van der Waals surface area contributed by atoms with Crippen LogP contribution >= 0.6 is 0 Å². The molecule has 2 aromatic carbocycles. The van der Waals surface area contributed by atoms with Crippen molar-refractivity contribution in [2.75, 3.05) is 5.32 Å². The van der Waals surface area contributed by atoms with E-state index in [1.807, 2.05) is 31.2 Å². The third-order valence-electron chi connectivity index (χ3n) is 4.92. The molecule has 0 radical (unpaired) electrons. The van der Waals surface area contributed by atoms with E-state index in [-0.39, 0.29) is 17.1 Å². The Kier molecular flexibility index (Phi) is 5.41. The molecular weight excluding hydrogens is 396 g/mol. The van der Waals surface area contributed by atoms with Crippen LogP contribution in [-0.4, -0.2) is 28.7 Å². The van der Waals surface area contributed by atoms with Gasteiger partial charge in [-0.3, -0.25) is 9.59 Å². The second-order valence-corrected chi connectivity index (χ2v) is 7.09. The zero-order valence-electron chi connectivity index (χ0n) is 17.0. The first-order valence-electron chi connectivity index (χ1n) is 9.71. The predicted octanol–water partition coefficient (Wildman–Crippen LogP) is 4.75. The van der Waals surface area contributed by atoms with Gasteiger partial charge in [-0.25, -0.2) is 4.79 Å². The summed E-state index contributed by atoms with van der Waals surface area (Å²) in [5.74, 6) is -1.11. The number of Topliss-reactive ketones (excluding diaryl/α,β-unsaturated/α-hetero) is 1. The fraction of sp³-hybridized carbons (Fsp3) is 0.125. The van der Waals surface area contributed by atoms with Gasteiger partial charge >= 0.3 is 5.97 Å². The molecule has 4 rings (SSSR count). The minimum absolute atomic E-state index is 0.184. The highest BCUT2D eigenvalue weighted by Crippen LogP contribution is 2.24. The summed E-state index contributed by atoms with van der Waals surface area (Å²) in [5.41, 5.74) is 2.87. The number of aromatic nitrogens is 1. The van der Waals surface area contributed by atoms with Gasteiger partial charge in [0.05, 0.1) is 11.8 Å². The lowest BCUT2D eigenvalue weighted by molar-refractivity contribution is 0.0319. The number of aromatic amines is 1. The number of carbonyl (C=O) groups excluding carboxylic acids is 3. The largest absolute Gasteiger partial charge is 0.459 e. The topological polar surface area (TPSA) is 101 Å². The lowest BCUT2D eigenvalue weighted by Gasteiger charge is -2.13. The Labute approximate surface area is 178 Å². The van der Waals surface area contributed by atoms with E-state index in [2.05, 4.69) is 10.3 Å². The van der Waals surface area contributed by atoms with Crippen molar-refractivity contribution in [3.63, 3.8) is 0 Å². The number of ether oxygens (including phenoxy) is 1. The van der Waals surface area contributed by atoms with Crippen molar-refractivity contribution < 1.29 is 23.5 Å². The summed E-state index contributed by atoms with van der Waals surface area (Å²) in [7, 11) is 0. The summed E-state index contributed by atoms with van der Waals surface area (Å²) >= 11 is 0. The number of furan rings is 1. The summed E-state index contributed by atoms with van der Waals surface area (Å²) in [5, 5.41) is 3.46. The number of anilines is 1. The van der Waals surface area contributed by atoms with Crippen LogP contribution in [0.3, 0.4) is 0 Å². The van der Waals surface area contributed by atoms with E-state index >= 15 is 0 Å². The van der Waals surface area contributed by atoms with Gasteiger partial charge < -0.3 is 19.5 Å². The third-order valence-corrected chi connectivity index (χ3v) is 4.92. The zero-order chi connectivity index (χ0) is 22.0. The summed E-state index contributed by atoms with van der Waals surface area (Å²) < 4.78 is 10.4. The Morgan fingerprint density at radius 2 is 1.74 bits per heavy atom. The molecular formula is C24H20N2O5. The number of fused-ring (bicyclic) bond motifs is 1. The molecule has 0 aliphatic carbocycles. The van der Waals surface area contributed by atoms with Crippen molar-refractivity contribution in [1.82, 2.24) is 4.98 Å². The number of hydrogen-bond acceptors (Lipinski definition) is 5. The lowest BCUT2D eigenvalue weighted by Crippen LogP contribution is -2.25. The van der Waals surface area contributed by atoms with E-state index in [1.165, 1.54) is 18.4 Å². The van der Waals surface area contributed by atoms with Gasteiger partial charge in [0.2, 0.25) is 5.78 Å². The molecule has 2 aromatic heterocycles. The highest BCUT2D eigenvalue weighted by Gasteiger charge is 2.25. The molecule has 0 unspecified atom stereocenters. The van der Waals surface area contributed by atoms with Crippen LogP contribution in [0.25, 0.3) is 10.9 Å². The minimum atomic E-state index is -0.955. The van der Waals surface area contributed by atoms with Gasteiger partial charge in [0.25, 0.3) is 5.91 Å².